The van der Waals surface area contributed by atoms with Crippen molar-refractivity contribution < 1.29 is 22.4 Å². The number of furan rings is 1. The van der Waals surface area contributed by atoms with E-state index in [-0.39, 0.29) is 17.1 Å². The van der Waals surface area contributed by atoms with E-state index in [9.17, 15) is 18.0 Å². The molecular formula is C22H20F3NO2. The molecule has 1 amide bonds. The number of halogens is 3. The molecule has 0 aliphatic rings. The molecule has 0 fully saturated rings. The SMILES string of the molecule is CCC(C)c1ccc(NC(=O)c2ccc(-c3ccccc3C(F)(F)F)o2)cc1. The topological polar surface area (TPSA) is 42.2 Å². The predicted octanol–water partition coefficient (Wildman–Crippen LogP) is 6.73. The summed E-state index contributed by atoms with van der Waals surface area (Å²) in [6.07, 6.45) is -3.50. The number of alkyl halides is 3. The number of benzene rings is 2. The smallest absolute Gasteiger partial charge is 0.417 e. The Labute approximate surface area is 161 Å². The van der Waals surface area contributed by atoms with Gasteiger partial charge in [0.25, 0.3) is 5.91 Å². The summed E-state index contributed by atoms with van der Waals surface area (Å²) in [6.45, 7) is 4.22. The fourth-order valence-electron chi connectivity index (χ4n) is 2.87. The maximum atomic E-state index is 13.2. The Morgan fingerprint density at radius 2 is 1.71 bits per heavy atom. The first-order valence-corrected chi connectivity index (χ1v) is 8.97. The maximum Gasteiger partial charge on any atom is 0.417 e. The Morgan fingerprint density at radius 1 is 1.04 bits per heavy atom. The van der Waals surface area contributed by atoms with E-state index in [2.05, 4.69) is 19.2 Å². The summed E-state index contributed by atoms with van der Waals surface area (Å²) in [4.78, 5) is 12.4. The monoisotopic (exact) mass is 387 g/mol. The van der Waals surface area contributed by atoms with Crippen molar-refractivity contribution in [3.05, 3.63) is 77.6 Å². The lowest BCUT2D eigenvalue weighted by atomic mass is 9.99. The number of hydrogen-bond donors (Lipinski definition) is 1. The summed E-state index contributed by atoms with van der Waals surface area (Å²) in [5.41, 5.74) is 0.846. The molecule has 28 heavy (non-hydrogen) atoms. The molecule has 1 atom stereocenters. The summed E-state index contributed by atoms with van der Waals surface area (Å²) in [5.74, 6) is -0.165. The van der Waals surface area contributed by atoms with Crippen LogP contribution in [0.1, 0.15) is 47.9 Å². The van der Waals surface area contributed by atoms with Gasteiger partial charge in [0.05, 0.1) is 5.56 Å². The van der Waals surface area contributed by atoms with Crippen LogP contribution in [-0.2, 0) is 6.18 Å². The molecule has 1 heterocycles. The van der Waals surface area contributed by atoms with Crippen LogP contribution in [0.3, 0.4) is 0 Å². The van der Waals surface area contributed by atoms with Crippen molar-refractivity contribution in [3.63, 3.8) is 0 Å². The molecule has 2 aromatic carbocycles. The Morgan fingerprint density at radius 3 is 2.36 bits per heavy atom. The fraction of sp³-hybridized carbons (Fsp3) is 0.227. The second-order valence-corrected chi connectivity index (χ2v) is 6.59. The Balaban J connectivity index is 1.78. The average molecular weight is 387 g/mol. The number of nitrogens with one attached hydrogen (secondary N) is 1. The van der Waals surface area contributed by atoms with Gasteiger partial charge in [-0.3, -0.25) is 4.79 Å². The summed E-state index contributed by atoms with van der Waals surface area (Å²) < 4.78 is 44.9. The van der Waals surface area contributed by atoms with Gasteiger partial charge in [0.15, 0.2) is 5.76 Å². The standard InChI is InChI=1S/C22H20F3NO2/c1-3-14(2)15-8-10-16(11-9-15)26-21(27)20-13-12-19(28-20)17-6-4-5-7-18(17)22(23,24)25/h4-14H,3H2,1-2H3,(H,26,27). The highest BCUT2D eigenvalue weighted by atomic mass is 19.4. The molecule has 3 nitrogen and oxygen atoms in total. The molecule has 6 heteroatoms. The van der Waals surface area contributed by atoms with Crippen molar-refractivity contribution in [2.24, 2.45) is 0 Å². The zero-order valence-electron chi connectivity index (χ0n) is 15.5. The second kappa shape index (κ2) is 7.92. The van der Waals surface area contributed by atoms with E-state index in [4.69, 9.17) is 4.42 Å². The Kier molecular flexibility index (Phi) is 5.58. The molecule has 0 saturated heterocycles. The van der Waals surface area contributed by atoms with Gasteiger partial charge in [0, 0.05) is 11.3 Å². The summed E-state index contributed by atoms with van der Waals surface area (Å²) in [5, 5.41) is 2.70. The minimum absolute atomic E-state index is 0.00908. The van der Waals surface area contributed by atoms with E-state index in [1.54, 1.807) is 12.1 Å². The first-order valence-electron chi connectivity index (χ1n) is 8.97. The van der Waals surface area contributed by atoms with Gasteiger partial charge < -0.3 is 9.73 Å². The second-order valence-electron chi connectivity index (χ2n) is 6.59. The fourth-order valence-corrected chi connectivity index (χ4v) is 2.87. The maximum absolute atomic E-state index is 13.2. The van der Waals surface area contributed by atoms with Crippen LogP contribution >= 0.6 is 0 Å². The molecule has 0 bridgehead atoms. The highest BCUT2D eigenvalue weighted by Crippen LogP contribution is 2.37. The third kappa shape index (κ3) is 4.27. The van der Waals surface area contributed by atoms with E-state index in [0.717, 1.165) is 12.5 Å². The minimum atomic E-state index is -4.51. The number of anilines is 1. The molecular weight excluding hydrogens is 367 g/mol. The van der Waals surface area contributed by atoms with Gasteiger partial charge in [-0.15, -0.1) is 0 Å². The zero-order chi connectivity index (χ0) is 20.3. The molecule has 1 N–H and O–H groups in total. The van der Waals surface area contributed by atoms with Crippen molar-refractivity contribution in [3.8, 4) is 11.3 Å². The molecule has 0 spiro atoms. The molecule has 146 valence electrons. The minimum Gasteiger partial charge on any atom is -0.451 e. The largest absolute Gasteiger partial charge is 0.451 e. The molecule has 0 radical (unpaired) electrons. The van der Waals surface area contributed by atoms with Crippen LogP contribution in [0, 0.1) is 0 Å². The normalized spacial score (nSPS) is 12.6. The van der Waals surface area contributed by atoms with Crippen molar-refractivity contribution in [2.45, 2.75) is 32.4 Å². The van der Waals surface area contributed by atoms with Crippen LogP contribution < -0.4 is 5.32 Å². The molecule has 3 rings (SSSR count). The van der Waals surface area contributed by atoms with E-state index in [1.807, 2.05) is 12.1 Å². The number of carbonyl (C=O) groups excluding carboxylic acids is 1. The number of rotatable bonds is 5. The van der Waals surface area contributed by atoms with Crippen molar-refractivity contribution in [1.82, 2.24) is 0 Å². The van der Waals surface area contributed by atoms with Crippen molar-refractivity contribution >= 4 is 11.6 Å². The average Bonchev–Trinajstić information content (AvgIpc) is 3.17. The van der Waals surface area contributed by atoms with Gasteiger partial charge in [-0.1, -0.05) is 44.2 Å². The van der Waals surface area contributed by atoms with Crippen molar-refractivity contribution in [2.75, 3.05) is 5.32 Å². The summed E-state index contributed by atoms with van der Waals surface area (Å²) >= 11 is 0. The summed E-state index contributed by atoms with van der Waals surface area (Å²) in [7, 11) is 0. The Hall–Kier alpha value is -3.02. The third-order valence-corrected chi connectivity index (χ3v) is 4.68. The van der Waals surface area contributed by atoms with E-state index in [1.165, 1.54) is 35.9 Å². The lowest BCUT2D eigenvalue weighted by Gasteiger charge is -2.11. The molecule has 0 aliphatic carbocycles. The highest BCUT2D eigenvalue weighted by molar-refractivity contribution is 6.02. The van der Waals surface area contributed by atoms with Gasteiger partial charge in [-0.2, -0.15) is 13.2 Å². The zero-order valence-corrected chi connectivity index (χ0v) is 15.5. The molecule has 0 aliphatic heterocycles. The van der Waals surface area contributed by atoms with Crippen LogP contribution in [0.5, 0.6) is 0 Å². The number of amides is 1. The lowest BCUT2D eigenvalue weighted by Crippen LogP contribution is -2.11. The first kappa shape index (κ1) is 19.7. The first-order chi connectivity index (χ1) is 13.3. The molecule has 3 aromatic rings. The van der Waals surface area contributed by atoms with Crippen LogP contribution in [0.25, 0.3) is 11.3 Å². The quantitative estimate of drug-likeness (QED) is 0.527. The summed E-state index contributed by atoms with van der Waals surface area (Å²) in [6, 6.07) is 15.3. The molecule has 1 aromatic heterocycles. The van der Waals surface area contributed by atoms with Gasteiger partial charge in [0.2, 0.25) is 0 Å². The van der Waals surface area contributed by atoms with E-state index >= 15 is 0 Å². The van der Waals surface area contributed by atoms with Crippen LogP contribution in [0.15, 0.2) is 65.1 Å². The molecule has 0 saturated carbocycles. The molecule has 1 unspecified atom stereocenters. The van der Waals surface area contributed by atoms with Crippen LogP contribution in [-0.4, -0.2) is 5.91 Å². The highest BCUT2D eigenvalue weighted by Gasteiger charge is 2.34. The van der Waals surface area contributed by atoms with Gasteiger partial charge in [0.1, 0.15) is 5.76 Å². The number of hydrogen-bond acceptors (Lipinski definition) is 2. The Bertz CT molecular complexity index is 958. The van der Waals surface area contributed by atoms with Crippen LogP contribution in [0.4, 0.5) is 18.9 Å². The lowest BCUT2D eigenvalue weighted by molar-refractivity contribution is -0.137. The van der Waals surface area contributed by atoms with Gasteiger partial charge >= 0.3 is 6.18 Å². The van der Waals surface area contributed by atoms with E-state index in [0.29, 0.717) is 11.6 Å². The van der Waals surface area contributed by atoms with Crippen molar-refractivity contribution in [1.29, 1.82) is 0 Å². The van der Waals surface area contributed by atoms with Gasteiger partial charge in [-0.05, 0) is 48.2 Å². The number of carbonyl (C=O) groups is 1. The van der Waals surface area contributed by atoms with E-state index < -0.39 is 17.6 Å². The predicted molar refractivity (Wildman–Crippen MR) is 102 cm³/mol. The third-order valence-electron chi connectivity index (χ3n) is 4.68. The van der Waals surface area contributed by atoms with Crippen LogP contribution in [0.2, 0.25) is 0 Å². The van der Waals surface area contributed by atoms with Gasteiger partial charge in [-0.25, -0.2) is 0 Å².